The van der Waals surface area contributed by atoms with Crippen LogP contribution in [0.2, 0.25) is 0 Å². The molecule has 3 heterocycles. The molecule has 0 aliphatic carbocycles. The molecule has 9 heteroatoms. The van der Waals surface area contributed by atoms with E-state index in [2.05, 4.69) is 5.32 Å². The normalized spacial score (nSPS) is 21.6. The van der Waals surface area contributed by atoms with E-state index in [9.17, 15) is 14.4 Å². The first-order chi connectivity index (χ1) is 16.4. The summed E-state index contributed by atoms with van der Waals surface area (Å²) in [5.74, 6) is 0.713. The first-order valence-electron chi connectivity index (χ1n) is 11.2. The van der Waals surface area contributed by atoms with Crippen LogP contribution in [0.15, 0.2) is 59.0 Å². The maximum Gasteiger partial charge on any atom is 0.325 e. The number of urea groups is 1. The second-order valence-electron chi connectivity index (χ2n) is 8.52. The van der Waals surface area contributed by atoms with Crippen molar-refractivity contribution in [2.45, 2.75) is 25.5 Å². The number of nitrogens with zero attached hydrogens (tertiary/aromatic N) is 2. The third-order valence-electron chi connectivity index (χ3n) is 6.21. The minimum atomic E-state index is -1.39. The second-order valence-corrected chi connectivity index (χ2v) is 8.52. The first-order valence-corrected chi connectivity index (χ1v) is 11.2. The average Bonchev–Trinajstić information content (AvgIpc) is 3.38. The molecule has 0 bridgehead atoms. The molecule has 3 aromatic rings. The smallest absolute Gasteiger partial charge is 0.325 e. The van der Waals surface area contributed by atoms with Crippen LogP contribution in [0.25, 0.3) is 11.0 Å². The minimum absolute atomic E-state index is 0.272. The highest BCUT2D eigenvalue weighted by Crippen LogP contribution is 2.33. The van der Waals surface area contributed by atoms with Crippen molar-refractivity contribution in [1.29, 1.82) is 0 Å². The maximum absolute atomic E-state index is 13.3. The number of amides is 4. The van der Waals surface area contributed by atoms with Gasteiger partial charge in [0.1, 0.15) is 24.5 Å². The number of fused-ring (bicyclic) bond motifs is 2. The van der Waals surface area contributed by atoms with Crippen LogP contribution in [0.3, 0.4) is 0 Å². The minimum Gasteiger partial charge on any atom is -0.486 e. The van der Waals surface area contributed by atoms with E-state index in [-0.39, 0.29) is 25.1 Å². The zero-order valence-corrected chi connectivity index (χ0v) is 18.9. The third kappa shape index (κ3) is 3.72. The zero-order valence-electron chi connectivity index (χ0n) is 18.9. The van der Waals surface area contributed by atoms with Crippen molar-refractivity contribution in [3.63, 3.8) is 0 Å². The Balaban J connectivity index is 1.28. The van der Waals surface area contributed by atoms with E-state index in [1.807, 2.05) is 49.4 Å². The molecule has 34 heavy (non-hydrogen) atoms. The Morgan fingerprint density at radius 1 is 1.15 bits per heavy atom. The van der Waals surface area contributed by atoms with Crippen molar-refractivity contribution in [3.05, 3.63) is 60.4 Å². The SMILES string of the molecule is CCN(C[C@@H]1COc2ccccc2O1)C(=O)CN1C(=O)N[C@](C)(c2cc3ccccc3o2)C1=O. The molecule has 1 saturated heterocycles. The summed E-state index contributed by atoms with van der Waals surface area (Å²) < 4.78 is 17.5. The lowest BCUT2D eigenvalue weighted by molar-refractivity contribution is -0.139. The Bertz CT molecular complexity index is 1240. The number of para-hydroxylation sites is 3. The summed E-state index contributed by atoms with van der Waals surface area (Å²) in [6.07, 6.45) is -0.359. The second kappa shape index (κ2) is 8.40. The van der Waals surface area contributed by atoms with Crippen LogP contribution >= 0.6 is 0 Å². The number of imide groups is 1. The molecule has 2 aliphatic rings. The fraction of sp³-hybridized carbons (Fsp3) is 0.320. The van der Waals surface area contributed by atoms with Crippen LogP contribution in [0.5, 0.6) is 11.5 Å². The summed E-state index contributed by atoms with van der Waals surface area (Å²) in [7, 11) is 0. The van der Waals surface area contributed by atoms with E-state index in [1.165, 1.54) is 0 Å². The molecule has 0 unspecified atom stereocenters. The van der Waals surface area contributed by atoms with E-state index in [0.29, 0.717) is 36.0 Å². The fourth-order valence-electron chi connectivity index (χ4n) is 4.28. The van der Waals surface area contributed by atoms with Crippen LogP contribution in [0.4, 0.5) is 4.79 Å². The molecule has 5 rings (SSSR count). The van der Waals surface area contributed by atoms with E-state index in [1.54, 1.807) is 24.0 Å². The lowest BCUT2D eigenvalue weighted by Gasteiger charge is -2.31. The topological polar surface area (TPSA) is 101 Å². The van der Waals surface area contributed by atoms with Gasteiger partial charge in [-0.15, -0.1) is 0 Å². The molecule has 1 fully saturated rings. The van der Waals surface area contributed by atoms with Crippen LogP contribution < -0.4 is 14.8 Å². The van der Waals surface area contributed by atoms with E-state index in [4.69, 9.17) is 13.9 Å². The average molecular weight is 463 g/mol. The summed E-state index contributed by atoms with van der Waals surface area (Å²) in [6, 6.07) is 15.8. The Morgan fingerprint density at radius 2 is 1.88 bits per heavy atom. The van der Waals surface area contributed by atoms with Crippen LogP contribution in [0, 0.1) is 0 Å². The van der Waals surface area contributed by atoms with Gasteiger partial charge in [0.25, 0.3) is 5.91 Å². The summed E-state index contributed by atoms with van der Waals surface area (Å²) in [6.45, 7) is 4.00. The van der Waals surface area contributed by atoms with Gasteiger partial charge in [0.15, 0.2) is 23.1 Å². The Morgan fingerprint density at radius 3 is 2.65 bits per heavy atom. The van der Waals surface area contributed by atoms with Gasteiger partial charge in [-0.2, -0.15) is 0 Å². The Hall–Kier alpha value is -4.01. The summed E-state index contributed by atoms with van der Waals surface area (Å²) in [5, 5.41) is 3.51. The highest BCUT2D eigenvalue weighted by Gasteiger charge is 2.52. The van der Waals surface area contributed by atoms with Gasteiger partial charge in [0, 0.05) is 11.9 Å². The Kier molecular flexibility index (Phi) is 5.39. The van der Waals surface area contributed by atoms with Gasteiger partial charge in [0.2, 0.25) is 5.91 Å². The van der Waals surface area contributed by atoms with E-state index < -0.39 is 17.5 Å². The quantitative estimate of drug-likeness (QED) is 0.564. The van der Waals surface area contributed by atoms with E-state index in [0.717, 1.165) is 10.3 Å². The summed E-state index contributed by atoms with van der Waals surface area (Å²) >= 11 is 0. The molecule has 2 aromatic carbocycles. The number of carbonyl (C=O) groups is 3. The molecule has 176 valence electrons. The van der Waals surface area contributed by atoms with Crippen molar-refractivity contribution in [2.24, 2.45) is 0 Å². The predicted molar refractivity (Wildman–Crippen MR) is 122 cm³/mol. The molecule has 2 aliphatic heterocycles. The predicted octanol–water partition coefficient (Wildman–Crippen LogP) is 2.89. The highest BCUT2D eigenvalue weighted by molar-refractivity contribution is 6.09. The number of ether oxygens (including phenoxy) is 2. The molecule has 0 radical (unpaired) electrons. The van der Waals surface area contributed by atoms with Crippen LogP contribution in [0.1, 0.15) is 19.6 Å². The van der Waals surface area contributed by atoms with Crippen molar-refractivity contribution in [2.75, 3.05) is 26.2 Å². The number of hydrogen-bond donors (Lipinski definition) is 1. The lowest BCUT2D eigenvalue weighted by Crippen LogP contribution is -2.48. The van der Waals surface area contributed by atoms with Crippen LogP contribution in [-0.4, -0.2) is 60.0 Å². The van der Waals surface area contributed by atoms with Crippen LogP contribution in [-0.2, 0) is 15.1 Å². The number of benzene rings is 2. The molecule has 4 amide bonds. The molecule has 1 N–H and O–H groups in total. The number of likely N-dealkylation sites (N-methyl/N-ethyl adjacent to an activating group) is 1. The number of carbonyl (C=O) groups excluding carboxylic acids is 3. The maximum atomic E-state index is 13.3. The summed E-state index contributed by atoms with van der Waals surface area (Å²) in [4.78, 5) is 41.5. The number of hydrogen-bond acceptors (Lipinski definition) is 6. The standard InChI is InChI=1S/C25H25N3O6/c1-3-27(13-17-15-32-19-10-6-7-11-20(19)33-17)22(29)14-28-23(30)25(2,26-24(28)31)21-12-16-8-4-5-9-18(16)34-21/h4-12,17H,3,13-15H2,1-2H3,(H,26,31)/t17-,25-/m1/s1. The number of rotatable bonds is 6. The Labute approximate surface area is 196 Å². The number of nitrogens with one attached hydrogen (secondary N) is 1. The number of furan rings is 1. The fourth-order valence-corrected chi connectivity index (χ4v) is 4.28. The largest absolute Gasteiger partial charge is 0.486 e. The van der Waals surface area contributed by atoms with E-state index >= 15 is 0 Å². The van der Waals surface area contributed by atoms with Gasteiger partial charge in [0.05, 0.1) is 6.54 Å². The van der Waals surface area contributed by atoms with Gasteiger partial charge >= 0.3 is 6.03 Å². The first kappa shape index (κ1) is 21.8. The molecule has 0 saturated carbocycles. The molecule has 2 atom stereocenters. The van der Waals surface area contributed by atoms with Crippen molar-refractivity contribution >= 4 is 28.8 Å². The monoisotopic (exact) mass is 463 g/mol. The van der Waals surface area contributed by atoms with Gasteiger partial charge in [-0.3, -0.25) is 14.5 Å². The third-order valence-corrected chi connectivity index (χ3v) is 6.21. The zero-order chi connectivity index (χ0) is 23.9. The highest BCUT2D eigenvalue weighted by atomic mass is 16.6. The molecular weight excluding hydrogens is 438 g/mol. The lowest BCUT2D eigenvalue weighted by atomic mass is 9.99. The van der Waals surface area contributed by atoms with Crippen molar-refractivity contribution in [1.82, 2.24) is 15.1 Å². The molecule has 0 spiro atoms. The summed E-state index contributed by atoms with van der Waals surface area (Å²) in [5.41, 5.74) is -0.777. The van der Waals surface area contributed by atoms with Gasteiger partial charge in [-0.05, 0) is 38.1 Å². The van der Waals surface area contributed by atoms with Crippen molar-refractivity contribution < 1.29 is 28.3 Å². The van der Waals surface area contributed by atoms with Crippen molar-refractivity contribution in [3.8, 4) is 11.5 Å². The molecule has 1 aromatic heterocycles. The van der Waals surface area contributed by atoms with Gasteiger partial charge in [-0.25, -0.2) is 4.79 Å². The molecule has 9 nitrogen and oxygen atoms in total. The van der Waals surface area contributed by atoms with Gasteiger partial charge in [-0.1, -0.05) is 30.3 Å². The molecular formula is C25H25N3O6. The van der Waals surface area contributed by atoms with Gasteiger partial charge < -0.3 is 24.1 Å².